The number of amidine groups is 1. The maximum atomic E-state index is 10.3. The summed E-state index contributed by atoms with van der Waals surface area (Å²) >= 11 is 5.55. The number of dihydropyridines is 1. The summed E-state index contributed by atoms with van der Waals surface area (Å²) in [6, 6.07) is 0. The summed E-state index contributed by atoms with van der Waals surface area (Å²) < 4.78 is 0. The minimum atomic E-state index is -0.611. The minimum absolute atomic E-state index is 0.0775. The SMILES string of the molecule is NC1=NCCC(Cl)=C1[N+](=O)[O-]. The van der Waals surface area contributed by atoms with Gasteiger partial charge in [-0.05, 0) is 0 Å². The summed E-state index contributed by atoms with van der Waals surface area (Å²) in [5, 5.41) is 10.5. The predicted octanol–water partition coefficient (Wildman–Crippen LogP) is 0.474. The van der Waals surface area contributed by atoms with Crippen molar-refractivity contribution in [2.24, 2.45) is 10.7 Å². The van der Waals surface area contributed by atoms with Gasteiger partial charge in [-0.2, -0.15) is 0 Å². The second-order valence-corrected chi connectivity index (χ2v) is 2.48. The van der Waals surface area contributed by atoms with Crippen molar-refractivity contribution in [2.75, 3.05) is 6.54 Å². The minimum Gasteiger partial charge on any atom is -0.378 e. The number of aliphatic imine (C=N–C) groups is 1. The molecule has 0 spiro atoms. The van der Waals surface area contributed by atoms with Gasteiger partial charge in [0, 0.05) is 13.0 Å². The van der Waals surface area contributed by atoms with Crippen LogP contribution < -0.4 is 5.73 Å². The van der Waals surface area contributed by atoms with Gasteiger partial charge in [-0.25, -0.2) is 0 Å². The second kappa shape index (κ2) is 2.87. The molecule has 0 radical (unpaired) electrons. The molecule has 1 aliphatic rings. The molecule has 1 rings (SSSR count). The third-order valence-electron chi connectivity index (χ3n) is 1.30. The van der Waals surface area contributed by atoms with Gasteiger partial charge in [0.05, 0.1) is 4.92 Å². The van der Waals surface area contributed by atoms with Crippen molar-refractivity contribution in [1.82, 2.24) is 0 Å². The van der Waals surface area contributed by atoms with Crippen LogP contribution >= 0.6 is 11.6 Å². The first-order chi connectivity index (χ1) is 5.13. The molecule has 2 N–H and O–H groups in total. The highest BCUT2D eigenvalue weighted by atomic mass is 35.5. The van der Waals surface area contributed by atoms with Gasteiger partial charge in [-0.1, -0.05) is 11.6 Å². The van der Waals surface area contributed by atoms with E-state index in [2.05, 4.69) is 4.99 Å². The van der Waals surface area contributed by atoms with Gasteiger partial charge in [-0.3, -0.25) is 15.1 Å². The van der Waals surface area contributed by atoms with E-state index < -0.39 is 4.92 Å². The summed E-state index contributed by atoms with van der Waals surface area (Å²) in [5.41, 5.74) is 4.98. The summed E-state index contributed by atoms with van der Waals surface area (Å²) in [4.78, 5) is 13.4. The molecule has 0 amide bonds. The lowest BCUT2D eigenvalue weighted by Gasteiger charge is -2.05. The molecule has 0 aromatic heterocycles. The Bertz CT molecular complexity index is 258. The summed E-state index contributed by atoms with van der Waals surface area (Å²) in [6.45, 7) is 0.433. The van der Waals surface area contributed by atoms with Crippen molar-refractivity contribution < 1.29 is 4.92 Å². The Morgan fingerprint density at radius 1 is 1.73 bits per heavy atom. The van der Waals surface area contributed by atoms with Crippen LogP contribution in [-0.4, -0.2) is 17.3 Å². The second-order valence-electron chi connectivity index (χ2n) is 2.03. The molecule has 5 nitrogen and oxygen atoms in total. The van der Waals surface area contributed by atoms with Gasteiger partial charge in [0.25, 0.3) is 0 Å². The van der Waals surface area contributed by atoms with E-state index >= 15 is 0 Å². The Morgan fingerprint density at radius 2 is 2.36 bits per heavy atom. The van der Waals surface area contributed by atoms with E-state index in [0.29, 0.717) is 13.0 Å². The molecule has 60 valence electrons. The molecule has 0 fully saturated rings. The quantitative estimate of drug-likeness (QED) is 0.465. The molecular weight excluding hydrogens is 170 g/mol. The van der Waals surface area contributed by atoms with Crippen LogP contribution in [0.5, 0.6) is 0 Å². The lowest BCUT2D eigenvalue weighted by molar-refractivity contribution is -0.416. The molecule has 0 saturated carbocycles. The monoisotopic (exact) mass is 175 g/mol. The molecule has 6 heteroatoms. The van der Waals surface area contributed by atoms with E-state index in [9.17, 15) is 10.1 Å². The van der Waals surface area contributed by atoms with Crippen LogP contribution in [0.25, 0.3) is 0 Å². The van der Waals surface area contributed by atoms with Crippen LogP contribution in [-0.2, 0) is 0 Å². The number of halogens is 1. The summed E-state index contributed by atoms with van der Waals surface area (Å²) in [7, 11) is 0. The van der Waals surface area contributed by atoms with E-state index in [1.807, 2.05) is 0 Å². The van der Waals surface area contributed by atoms with Crippen LogP contribution in [0.15, 0.2) is 15.7 Å². The first-order valence-electron chi connectivity index (χ1n) is 2.96. The van der Waals surface area contributed by atoms with Crippen molar-refractivity contribution in [3.8, 4) is 0 Å². The number of nitrogens with two attached hydrogens (primary N) is 1. The highest BCUT2D eigenvalue weighted by molar-refractivity contribution is 6.32. The number of hydrogen-bond acceptors (Lipinski definition) is 4. The normalized spacial score (nSPS) is 18.1. The Morgan fingerprint density at radius 3 is 2.73 bits per heavy atom. The molecular formula is C5H6ClN3O2. The van der Waals surface area contributed by atoms with Crippen molar-refractivity contribution in [2.45, 2.75) is 6.42 Å². The highest BCUT2D eigenvalue weighted by Gasteiger charge is 2.24. The molecule has 0 unspecified atom stereocenters. The van der Waals surface area contributed by atoms with Crippen molar-refractivity contribution in [3.63, 3.8) is 0 Å². The highest BCUT2D eigenvalue weighted by Crippen LogP contribution is 2.18. The van der Waals surface area contributed by atoms with Crippen LogP contribution in [0.4, 0.5) is 0 Å². The van der Waals surface area contributed by atoms with E-state index in [-0.39, 0.29) is 16.6 Å². The fourth-order valence-corrected chi connectivity index (χ4v) is 1.05. The van der Waals surface area contributed by atoms with Crippen LogP contribution in [0, 0.1) is 10.1 Å². The Balaban J connectivity index is 3.04. The lowest BCUT2D eigenvalue weighted by atomic mass is 10.2. The number of hydrogen-bond donors (Lipinski definition) is 1. The van der Waals surface area contributed by atoms with Crippen molar-refractivity contribution >= 4 is 17.4 Å². The molecule has 0 atom stereocenters. The number of nitro groups is 1. The van der Waals surface area contributed by atoms with Crippen molar-refractivity contribution in [3.05, 3.63) is 20.8 Å². The zero-order valence-corrected chi connectivity index (χ0v) is 6.34. The molecule has 11 heavy (non-hydrogen) atoms. The van der Waals surface area contributed by atoms with Gasteiger partial charge in [0.2, 0.25) is 0 Å². The predicted molar refractivity (Wildman–Crippen MR) is 41.0 cm³/mol. The molecule has 0 aliphatic carbocycles. The third-order valence-corrected chi connectivity index (χ3v) is 1.66. The maximum Gasteiger partial charge on any atom is 0.325 e. The smallest absolute Gasteiger partial charge is 0.325 e. The zero-order valence-electron chi connectivity index (χ0n) is 5.58. The largest absolute Gasteiger partial charge is 0.378 e. The van der Waals surface area contributed by atoms with Gasteiger partial charge >= 0.3 is 5.70 Å². The topological polar surface area (TPSA) is 81.5 Å². The van der Waals surface area contributed by atoms with Gasteiger partial charge in [0.1, 0.15) is 5.03 Å². The number of rotatable bonds is 1. The molecule has 0 saturated heterocycles. The molecule has 0 bridgehead atoms. The van der Waals surface area contributed by atoms with Crippen LogP contribution in [0.1, 0.15) is 6.42 Å². The molecule has 1 heterocycles. The van der Waals surface area contributed by atoms with Crippen LogP contribution in [0.3, 0.4) is 0 Å². The number of nitrogens with zero attached hydrogens (tertiary/aromatic N) is 2. The molecule has 1 aliphatic heterocycles. The average molecular weight is 176 g/mol. The van der Waals surface area contributed by atoms with Gasteiger partial charge in [0.15, 0.2) is 5.84 Å². The van der Waals surface area contributed by atoms with Crippen LogP contribution in [0.2, 0.25) is 0 Å². The van der Waals surface area contributed by atoms with E-state index in [4.69, 9.17) is 17.3 Å². The first-order valence-corrected chi connectivity index (χ1v) is 3.34. The van der Waals surface area contributed by atoms with Gasteiger partial charge in [-0.15, -0.1) is 0 Å². The Hall–Kier alpha value is -1.10. The fourth-order valence-electron chi connectivity index (χ4n) is 0.799. The van der Waals surface area contributed by atoms with E-state index in [0.717, 1.165) is 0 Å². The summed E-state index contributed by atoms with van der Waals surface area (Å²) in [5.74, 6) is -0.0775. The fraction of sp³-hybridized carbons (Fsp3) is 0.400. The summed E-state index contributed by atoms with van der Waals surface area (Å²) in [6.07, 6.45) is 0.401. The van der Waals surface area contributed by atoms with E-state index in [1.54, 1.807) is 0 Å². The Labute approximate surface area is 67.7 Å². The Kier molecular flexibility index (Phi) is 2.09. The van der Waals surface area contributed by atoms with Crippen molar-refractivity contribution in [1.29, 1.82) is 0 Å². The zero-order chi connectivity index (χ0) is 8.43. The lowest BCUT2D eigenvalue weighted by Crippen LogP contribution is -2.24. The molecule has 0 aromatic carbocycles. The average Bonchev–Trinajstić information content (AvgIpc) is 1.85. The molecule has 0 aromatic rings. The maximum absolute atomic E-state index is 10.3. The van der Waals surface area contributed by atoms with Gasteiger partial charge < -0.3 is 5.73 Å². The van der Waals surface area contributed by atoms with E-state index in [1.165, 1.54) is 0 Å². The third kappa shape index (κ3) is 1.48. The first kappa shape index (κ1) is 8.00. The standard InChI is InChI=1S/C5H6ClN3O2/c6-3-1-2-8-5(7)4(3)9(10)11/h1-2H2,(H2,7,8).